The summed E-state index contributed by atoms with van der Waals surface area (Å²) in [6.45, 7) is 2.26. The predicted molar refractivity (Wildman–Crippen MR) is 75.7 cm³/mol. The van der Waals surface area contributed by atoms with E-state index in [9.17, 15) is 14.5 Å². The molecule has 2 aromatic rings. The van der Waals surface area contributed by atoms with Crippen molar-refractivity contribution in [2.45, 2.75) is 12.6 Å². The van der Waals surface area contributed by atoms with E-state index in [0.717, 1.165) is 5.56 Å². The minimum atomic E-state index is -0.557. The van der Waals surface area contributed by atoms with Gasteiger partial charge >= 0.3 is 5.88 Å². The SMILES string of the molecule is O=[N+]([O-])c1ccc(CN2CCO[C@@H](c3cccc(F)c3)C2)o1. The van der Waals surface area contributed by atoms with E-state index in [0.29, 0.717) is 32.0 Å². The van der Waals surface area contributed by atoms with Crippen LogP contribution in [0, 0.1) is 15.9 Å². The first kappa shape index (κ1) is 14.7. The summed E-state index contributed by atoms with van der Waals surface area (Å²) < 4.78 is 24.1. The molecule has 0 N–H and O–H groups in total. The fourth-order valence-electron chi connectivity index (χ4n) is 2.52. The fraction of sp³-hybridized carbons (Fsp3) is 0.333. The second kappa shape index (κ2) is 6.25. The first-order valence-corrected chi connectivity index (χ1v) is 6.94. The zero-order chi connectivity index (χ0) is 15.5. The van der Waals surface area contributed by atoms with Crippen molar-refractivity contribution >= 4 is 5.88 Å². The van der Waals surface area contributed by atoms with Gasteiger partial charge in [-0.15, -0.1) is 0 Å². The highest BCUT2D eigenvalue weighted by molar-refractivity contribution is 5.20. The molecule has 7 heteroatoms. The third-order valence-corrected chi connectivity index (χ3v) is 3.58. The van der Waals surface area contributed by atoms with E-state index in [1.54, 1.807) is 12.1 Å². The highest BCUT2D eigenvalue weighted by Crippen LogP contribution is 2.25. The van der Waals surface area contributed by atoms with Gasteiger partial charge in [0, 0.05) is 13.1 Å². The number of rotatable bonds is 4. The third kappa shape index (κ3) is 3.32. The summed E-state index contributed by atoms with van der Waals surface area (Å²) >= 11 is 0. The van der Waals surface area contributed by atoms with Gasteiger partial charge in [-0.05, 0) is 23.8 Å². The van der Waals surface area contributed by atoms with Crippen LogP contribution in [0.5, 0.6) is 0 Å². The molecule has 6 nitrogen and oxygen atoms in total. The molecular formula is C15H15FN2O4. The Bertz CT molecular complexity index is 673. The molecule has 0 unspecified atom stereocenters. The van der Waals surface area contributed by atoms with E-state index in [-0.39, 0.29) is 17.8 Å². The van der Waals surface area contributed by atoms with Crippen LogP contribution < -0.4 is 0 Å². The van der Waals surface area contributed by atoms with Crippen LogP contribution in [-0.4, -0.2) is 29.5 Å². The molecule has 1 aliphatic heterocycles. The van der Waals surface area contributed by atoms with Crippen LogP contribution in [0.25, 0.3) is 0 Å². The van der Waals surface area contributed by atoms with E-state index in [4.69, 9.17) is 9.15 Å². The first-order valence-electron chi connectivity index (χ1n) is 6.94. The lowest BCUT2D eigenvalue weighted by Crippen LogP contribution is -2.37. The van der Waals surface area contributed by atoms with Gasteiger partial charge in [0.25, 0.3) is 0 Å². The van der Waals surface area contributed by atoms with Crippen LogP contribution in [0.2, 0.25) is 0 Å². The van der Waals surface area contributed by atoms with Gasteiger partial charge in [0.15, 0.2) is 0 Å². The van der Waals surface area contributed by atoms with E-state index in [1.165, 1.54) is 18.2 Å². The summed E-state index contributed by atoms with van der Waals surface area (Å²) in [5.74, 6) is -0.0172. The van der Waals surface area contributed by atoms with E-state index in [2.05, 4.69) is 4.90 Å². The number of hydrogen-bond donors (Lipinski definition) is 0. The van der Waals surface area contributed by atoms with Crippen LogP contribution in [0.4, 0.5) is 10.3 Å². The Balaban J connectivity index is 1.66. The number of ether oxygens (including phenoxy) is 1. The molecule has 1 aromatic heterocycles. The molecule has 1 aromatic carbocycles. The maximum atomic E-state index is 13.3. The Hall–Kier alpha value is -2.25. The number of nitrogens with zero attached hydrogens (tertiary/aromatic N) is 2. The Labute approximate surface area is 126 Å². The standard InChI is InChI=1S/C15H15FN2O4/c16-12-3-1-2-11(8-12)14-10-17(6-7-21-14)9-13-4-5-15(22-13)18(19)20/h1-5,8,14H,6-7,9-10H2/t14-/m1/s1. The van der Waals surface area contributed by atoms with E-state index < -0.39 is 4.92 Å². The second-order valence-corrected chi connectivity index (χ2v) is 5.15. The van der Waals surface area contributed by atoms with Crippen molar-refractivity contribution in [3.8, 4) is 0 Å². The van der Waals surface area contributed by atoms with Gasteiger partial charge in [0.2, 0.25) is 0 Å². The lowest BCUT2D eigenvalue weighted by molar-refractivity contribution is -0.402. The zero-order valence-corrected chi connectivity index (χ0v) is 11.8. The molecule has 0 saturated carbocycles. The van der Waals surface area contributed by atoms with Gasteiger partial charge in [-0.3, -0.25) is 15.0 Å². The van der Waals surface area contributed by atoms with Gasteiger partial charge in [-0.2, -0.15) is 0 Å². The molecule has 0 bridgehead atoms. The van der Waals surface area contributed by atoms with Crippen molar-refractivity contribution in [1.29, 1.82) is 0 Å². The van der Waals surface area contributed by atoms with Crippen molar-refractivity contribution in [2.24, 2.45) is 0 Å². The highest BCUT2D eigenvalue weighted by atomic mass is 19.1. The summed E-state index contributed by atoms with van der Waals surface area (Å²) in [6, 6.07) is 9.29. The number of morpholine rings is 1. The zero-order valence-electron chi connectivity index (χ0n) is 11.8. The van der Waals surface area contributed by atoms with Crippen LogP contribution in [0.15, 0.2) is 40.8 Å². The Morgan fingerprint density at radius 2 is 2.23 bits per heavy atom. The number of hydrogen-bond acceptors (Lipinski definition) is 5. The molecule has 2 heterocycles. The van der Waals surface area contributed by atoms with Crippen molar-refractivity contribution in [2.75, 3.05) is 19.7 Å². The quantitative estimate of drug-likeness (QED) is 0.641. The van der Waals surface area contributed by atoms with Crippen LogP contribution >= 0.6 is 0 Å². The molecule has 1 atom stereocenters. The third-order valence-electron chi connectivity index (χ3n) is 3.58. The lowest BCUT2D eigenvalue weighted by atomic mass is 10.1. The number of nitro groups is 1. The average molecular weight is 306 g/mol. The average Bonchev–Trinajstić information content (AvgIpc) is 2.96. The molecule has 0 aliphatic carbocycles. The molecule has 0 spiro atoms. The predicted octanol–water partition coefficient (Wildman–Crippen LogP) is 2.90. The van der Waals surface area contributed by atoms with Crippen molar-refractivity contribution < 1.29 is 18.5 Å². The van der Waals surface area contributed by atoms with Gasteiger partial charge in [-0.25, -0.2) is 4.39 Å². The van der Waals surface area contributed by atoms with E-state index in [1.807, 2.05) is 6.07 Å². The van der Waals surface area contributed by atoms with E-state index >= 15 is 0 Å². The number of benzene rings is 1. The Morgan fingerprint density at radius 3 is 2.95 bits per heavy atom. The van der Waals surface area contributed by atoms with Gasteiger partial charge in [-0.1, -0.05) is 12.1 Å². The summed E-state index contributed by atoms with van der Waals surface area (Å²) in [5, 5.41) is 10.6. The molecule has 1 fully saturated rings. The topological polar surface area (TPSA) is 68.8 Å². The highest BCUT2D eigenvalue weighted by Gasteiger charge is 2.23. The van der Waals surface area contributed by atoms with Crippen LogP contribution in [0.1, 0.15) is 17.4 Å². The summed E-state index contributed by atoms with van der Waals surface area (Å²) in [7, 11) is 0. The molecule has 0 radical (unpaired) electrons. The minimum absolute atomic E-state index is 0.214. The van der Waals surface area contributed by atoms with Crippen LogP contribution in [0.3, 0.4) is 0 Å². The number of halogens is 1. The number of furan rings is 1. The summed E-state index contributed by atoms with van der Waals surface area (Å²) in [4.78, 5) is 12.1. The molecule has 22 heavy (non-hydrogen) atoms. The maximum Gasteiger partial charge on any atom is 0.433 e. The molecule has 0 amide bonds. The smallest absolute Gasteiger partial charge is 0.404 e. The Kier molecular flexibility index (Phi) is 4.17. The van der Waals surface area contributed by atoms with Crippen molar-refractivity contribution in [1.82, 2.24) is 4.90 Å². The maximum absolute atomic E-state index is 13.3. The molecule has 1 saturated heterocycles. The second-order valence-electron chi connectivity index (χ2n) is 5.15. The largest absolute Gasteiger partial charge is 0.433 e. The lowest BCUT2D eigenvalue weighted by Gasteiger charge is -2.32. The van der Waals surface area contributed by atoms with Crippen molar-refractivity contribution in [3.63, 3.8) is 0 Å². The summed E-state index contributed by atoms with van der Waals surface area (Å²) in [5.41, 5.74) is 0.787. The minimum Gasteiger partial charge on any atom is -0.404 e. The monoisotopic (exact) mass is 306 g/mol. The normalized spacial score (nSPS) is 19.2. The van der Waals surface area contributed by atoms with Gasteiger partial charge in [0.05, 0.1) is 25.3 Å². The molecule has 3 rings (SSSR count). The molecule has 116 valence electrons. The summed E-state index contributed by atoms with van der Waals surface area (Å²) in [6.07, 6.45) is -0.214. The first-order chi connectivity index (χ1) is 10.6. The van der Waals surface area contributed by atoms with Gasteiger partial charge in [0.1, 0.15) is 16.5 Å². The molecular weight excluding hydrogens is 291 g/mol. The van der Waals surface area contributed by atoms with Crippen LogP contribution in [-0.2, 0) is 11.3 Å². The van der Waals surface area contributed by atoms with Gasteiger partial charge < -0.3 is 9.15 Å². The Morgan fingerprint density at radius 1 is 1.36 bits per heavy atom. The fourth-order valence-corrected chi connectivity index (χ4v) is 2.52. The molecule has 1 aliphatic rings. The van der Waals surface area contributed by atoms with Crippen molar-refractivity contribution in [3.05, 3.63) is 63.7 Å².